The molecule has 10 heavy (non-hydrogen) atoms. The van der Waals surface area contributed by atoms with Crippen LogP contribution in [-0.2, 0) is 0 Å². The van der Waals surface area contributed by atoms with Gasteiger partial charge < -0.3 is 5.32 Å². The number of nitrogens with one attached hydrogen (secondary N) is 1. The van der Waals surface area contributed by atoms with Gasteiger partial charge >= 0.3 is 0 Å². The standard InChI is InChI=1S/C8H7N2/c1-3-7-8(9-5-1)4-2-6-10-7/h1,3-5,10H,6H2. The quantitative estimate of drug-likeness (QED) is 0.574. The maximum absolute atomic E-state index is 4.14. The molecule has 0 fully saturated rings. The van der Waals surface area contributed by atoms with Crippen LogP contribution >= 0.6 is 0 Å². The number of pyridine rings is 1. The molecule has 0 saturated carbocycles. The second-order valence-corrected chi connectivity index (χ2v) is 2.14. The van der Waals surface area contributed by atoms with Gasteiger partial charge in [0.15, 0.2) is 0 Å². The van der Waals surface area contributed by atoms with Crippen molar-refractivity contribution in [1.82, 2.24) is 4.98 Å². The highest BCUT2D eigenvalue weighted by Crippen LogP contribution is 2.15. The first kappa shape index (κ1) is 5.47. The molecule has 2 nitrogen and oxygen atoms in total. The summed E-state index contributed by atoms with van der Waals surface area (Å²) in [6, 6.07) is 3.94. The monoisotopic (exact) mass is 131 g/mol. The fourth-order valence-electron chi connectivity index (χ4n) is 0.976. The minimum atomic E-state index is 0.790. The van der Waals surface area contributed by atoms with Crippen LogP contribution in [0.15, 0.2) is 18.3 Å². The summed E-state index contributed by atoms with van der Waals surface area (Å²) in [7, 11) is 0. The van der Waals surface area contributed by atoms with Crippen LogP contribution in [0.3, 0.4) is 0 Å². The van der Waals surface area contributed by atoms with Gasteiger partial charge in [-0.2, -0.15) is 0 Å². The van der Waals surface area contributed by atoms with E-state index in [-0.39, 0.29) is 0 Å². The Morgan fingerprint density at radius 1 is 1.60 bits per heavy atom. The SMILES string of the molecule is [C]1=Cc2ncccc2NC1. The van der Waals surface area contributed by atoms with Crippen LogP contribution in [0.2, 0.25) is 0 Å². The summed E-state index contributed by atoms with van der Waals surface area (Å²) < 4.78 is 0. The van der Waals surface area contributed by atoms with Crippen molar-refractivity contribution in [2.45, 2.75) is 0 Å². The van der Waals surface area contributed by atoms with Crippen LogP contribution in [-0.4, -0.2) is 11.5 Å². The van der Waals surface area contributed by atoms with E-state index in [4.69, 9.17) is 0 Å². The Balaban J connectivity index is 2.54. The van der Waals surface area contributed by atoms with Crippen molar-refractivity contribution in [3.63, 3.8) is 0 Å². The topological polar surface area (TPSA) is 24.9 Å². The first-order valence-electron chi connectivity index (χ1n) is 3.22. The van der Waals surface area contributed by atoms with Crippen molar-refractivity contribution in [3.8, 4) is 0 Å². The molecule has 1 aliphatic heterocycles. The maximum atomic E-state index is 4.14. The van der Waals surface area contributed by atoms with Gasteiger partial charge in [-0.05, 0) is 24.3 Å². The van der Waals surface area contributed by atoms with E-state index in [0.29, 0.717) is 0 Å². The summed E-state index contributed by atoms with van der Waals surface area (Å²) in [6.45, 7) is 0.790. The highest BCUT2D eigenvalue weighted by Gasteiger charge is 2.00. The first-order valence-corrected chi connectivity index (χ1v) is 3.22. The lowest BCUT2D eigenvalue weighted by atomic mass is 10.2. The third-order valence-electron chi connectivity index (χ3n) is 1.46. The molecule has 0 unspecified atom stereocenters. The van der Waals surface area contributed by atoms with Crippen molar-refractivity contribution in [3.05, 3.63) is 30.1 Å². The number of nitrogens with zero attached hydrogens (tertiary/aromatic N) is 1. The van der Waals surface area contributed by atoms with E-state index >= 15 is 0 Å². The molecule has 2 rings (SSSR count). The average molecular weight is 131 g/mol. The van der Waals surface area contributed by atoms with E-state index in [9.17, 15) is 0 Å². The Morgan fingerprint density at radius 3 is 3.50 bits per heavy atom. The van der Waals surface area contributed by atoms with Gasteiger partial charge in [-0.3, -0.25) is 4.98 Å². The zero-order valence-electron chi connectivity index (χ0n) is 5.46. The highest BCUT2D eigenvalue weighted by molar-refractivity contribution is 5.64. The van der Waals surface area contributed by atoms with Crippen LogP contribution in [0.4, 0.5) is 5.69 Å². The van der Waals surface area contributed by atoms with Gasteiger partial charge in [0.05, 0.1) is 11.4 Å². The van der Waals surface area contributed by atoms with Gasteiger partial charge in [-0.25, -0.2) is 0 Å². The number of fused-ring (bicyclic) bond motifs is 1. The molecular weight excluding hydrogens is 124 g/mol. The predicted molar refractivity (Wildman–Crippen MR) is 40.4 cm³/mol. The zero-order valence-corrected chi connectivity index (χ0v) is 5.46. The maximum Gasteiger partial charge on any atom is 0.0864 e. The molecule has 1 aliphatic rings. The third kappa shape index (κ3) is 0.778. The molecule has 1 aromatic heterocycles. The Morgan fingerprint density at radius 2 is 2.60 bits per heavy atom. The fourth-order valence-corrected chi connectivity index (χ4v) is 0.976. The molecule has 1 N–H and O–H groups in total. The lowest BCUT2D eigenvalue weighted by molar-refractivity contribution is 1.20. The van der Waals surface area contributed by atoms with Gasteiger partial charge in [0.2, 0.25) is 0 Å². The van der Waals surface area contributed by atoms with Gasteiger partial charge in [0.1, 0.15) is 0 Å². The largest absolute Gasteiger partial charge is 0.379 e. The van der Waals surface area contributed by atoms with E-state index in [1.165, 1.54) is 0 Å². The second-order valence-electron chi connectivity index (χ2n) is 2.14. The lowest BCUT2D eigenvalue weighted by Crippen LogP contribution is -2.05. The van der Waals surface area contributed by atoms with Crippen molar-refractivity contribution >= 4 is 11.8 Å². The smallest absolute Gasteiger partial charge is 0.0864 e. The van der Waals surface area contributed by atoms with Crippen molar-refractivity contribution < 1.29 is 0 Å². The van der Waals surface area contributed by atoms with Crippen LogP contribution in [0, 0.1) is 6.08 Å². The zero-order chi connectivity index (χ0) is 6.81. The van der Waals surface area contributed by atoms with Crippen LogP contribution in [0.5, 0.6) is 0 Å². The summed E-state index contributed by atoms with van der Waals surface area (Å²) in [5, 5.41) is 3.16. The van der Waals surface area contributed by atoms with Crippen LogP contribution < -0.4 is 5.32 Å². The van der Waals surface area contributed by atoms with Gasteiger partial charge in [-0.15, -0.1) is 0 Å². The Bertz CT molecular complexity index is 266. The first-order chi connectivity index (χ1) is 4.97. The van der Waals surface area contributed by atoms with Gasteiger partial charge in [0.25, 0.3) is 0 Å². The number of hydrogen-bond acceptors (Lipinski definition) is 2. The van der Waals surface area contributed by atoms with E-state index in [1.54, 1.807) is 6.20 Å². The van der Waals surface area contributed by atoms with Crippen LogP contribution in [0.1, 0.15) is 5.69 Å². The fraction of sp³-hybridized carbons (Fsp3) is 0.125. The minimum absolute atomic E-state index is 0.790. The summed E-state index contributed by atoms with van der Waals surface area (Å²) in [5.41, 5.74) is 2.08. The minimum Gasteiger partial charge on any atom is -0.379 e. The summed E-state index contributed by atoms with van der Waals surface area (Å²) in [5.74, 6) is 0. The Kier molecular flexibility index (Phi) is 1.17. The molecule has 1 aromatic rings. The molecule has 0 atom stereocenters. The molecular formula is C8H7N2. The molecule has 0 amide bonds. The van der Waals surface area contributed by atoms with Crippen molar-refractivity contribution in [2.75, 3.05) is 11.9 Å². The van der Waals surface area contributed by atoms with E-state index in [0.717, 1.165) is 17.9 Å². The second kappa shape index (κ2) is 2.14. The normalized spacial score (nSPS) is 14.0. The Hall–Kier alpha value is -1.31. The van der Waals surface area contributed by atoms with Gasteiger partial charge in [-0.1, -0.05) is 0 Å². The van der Waals surface area contributed by atoms with Gasteiger partial charge in [0, 0.05) is 12.7 Å². The Labute approximate surface area is 59.6 Å². The molecule has 0 bridgehead atoms. The summed E-state index contributed by atoms with van der Waals surface area (Å²) >= 11 is 0. The summed E-state index contributed by atoms with van der Waals surface area (Å²) in [6.07, 6.45) is 6.73. The molecule has 0 aliphatic carbocycles. The predicted octanol–water partition coefficient (Wildman–Crippen LogP) is 1.32. The molecule has 0 saturated heterocycles. The molecule has 0 spiro atoms. The highest BCUT2D eigenvalue weighted by atomic mass is 14.9. The molecule has 0 aromatic carbocycles. The van der Waals surface area contributed by atoms with Crippen molar-refractivity contribution in [1.29, 1.82) is 0 Å². The summed E-state index contributed by atoms with van der Waals surface area (Å²) in [4.78, 5) is 4.14. The lowest BCUT2D eigenvalue weighted by Gasteiger charge is -2.09. The molecule has 49 valence electrons. The van der Waals surface area contributed by atoms with E-state index < -0.39 is 0 Å². The van der Waals surface area contributed by atoms with E-state index in [1.807, 2.05) is 18.2 Å². The molecule has 2 heteroatoms. The number of rotatable bonds is 0. The number of aromatic nitrogens is 1. The number of anilines is 1. The number of hydrogen-bond donors (Lipinski definition) is 1. The van der Waals surface area contributed by atoms with E-state index in [2.05, 4.69) is 16.4 Å². The molecule has 1 radical (unpaired) electrons. The average Bonchev–Trinajstić information content (AvgIpc) is 2.05. The van der Waals surface area contributed by atoms with Crippen molar-refractivity contribution in [2.24, 2.45) is 0 Å². The third-order valence-corrected chi connectivity index (χ3v) is 1.46. The van der Waals surface area contributed by atoms with Crippen LogP contribution in [0.25, 0.3) is 6.08 Å². The molecule has 2 heterocycles.